The summed E-state index contributed by atoms with van der Waals surface area (Å²) < 4.78 is 32.2. The van der Waals surface area contributed by atoms with Gasteiger partial charge in [0.1, 0.15) is 10.0 Å². The van der Waals surface area contributed by atoms with Crippen molar-refractivity contribution in [3.8, 4) is 0 Å². The van der Waals surface area contributed by atoms with Crippen LogP contribution in [-0.4, -0.2) is 44.0 Å². The average Bonchev–Trinajstić information content (AvgIpc) is 2.44. The Labute approximate surface area is 140 Å². The van der Waals surface area contributed by atoms with Crippen molar-refractivity contribution < 1.29 is 13.2 Å². The minimum Gasteiger partial charge on any atom is -0.381 e. The molecule has 1 spiro atoms. The van der Waals surface area contributed by atoms with Crippen LogP contribution >= 0.6 is 23.2 Å². The van der Waals surface area contributed by atoms with E-state index < -0.39 is 10.0 Å². The van der Waals surface area contributed by atoms with Crippen molar-refractivity contribution in [2.24, 2.45) is 5.41 Å². The van der Waals surface area contributed by atoms with Gasteiger partial charge in [0.15, 0.2) is 0 Å². The molecule has 22 heavy (non-hydrogen) atoms. The van der Waals surface area contributed by atoms with Crippen LogP contribution in [0.4, 0.5) is 0 Å². The third-order valence-corrected chi connectivity index (χ3v) is 7.40. The van der Waals surface area contributed by atoms with E-state index in [2.05, 4.69) is 4.98 Å². The summed E-state index contributed by atoms with van der Waals surface area (Å²) >= 11 is 11.7. The molecule has 1 aliphatic heterocycles. The summed E-state index contributed by atoms with van der Waals surface area (Å²) in [5, 5.41) is 0.296. The van der Waals surface area contributed by atoms with Gasteiger partial charge in [0.05, 0.1) is 17.3 Å². The van der Waals surface area contributed by atoms with Gasteiger partial charge < -0.3 is 4.74 Å². The molecule has 2 heterocycles. The highest BCUT2D eigenvalue weighted by Gasteiger charge is 2.47. The van der Waals surface area contributed by atoms with Crippen molar-refractivity contribution in [1.82, 2.24) is 9.29 Å². The van der Waals surface area contributed by atoms with Gasteiger partial charge in [-0.3, -0.25) is 0 Å². The third kappa shape index (κ3) is 2.87. The van der Waals surface area contributed by atoms with Crippen LogP contribution in [0.15, 0.2) is 17.2 Å². The van der Waals surface area contributed by atoms with E-state index in [0.717, 1.165) is 25.7 Å². The lowest BCUT2D eigenvalue weighted by Gasteiger charge is -2.51. The van der Waals surface area contributed by atoms with Crippen LogP contribution in [0.1, 0.15) is 25.7 Å². The first kappa shape index (κ1) is 16.5. The normalized spacial score (nSPS) is 22.7. The SMILES string of the molecule is COC1CC2(CCN(S(=O)(=O)c3cnc(Cl)cc3Cl)CC2)C1. The predicted octanol–water partition coefficient (Wildman–Crippen LogP) is 2.97. The van der Waals surface area contributed by atoms with Gasteiger partial charge in [-0.2, -0.15) is 4.31 Å². The lowest BCUT2D eigenvalue weighted by Crippen LogP contribution is -2.50. The maximum absolute atomic E-state index is 12.7. The number of pyridine rings is 1. The lowest BCUT2D eigenvalue weighted by atomic mass is 9.62. The number of aromatic nitrogens is 1. The Morgan fingerprint density at radius 1 is 1.32 bits per heavy atom. The monoisotopic (exact) mass is 364 g/mol. The van der Waals surface area contributed by atoms with Crippen molar-refractivity contribution in [2.75, 3.05) is 20.2 Å². The smallest absolute Gasteiger partial charge is 0.246 e. The van der Waals surface area contributed by atoms with Crippen molar-refractivity contribution in [3.63, 3.8) is 0 Å². The molecular formula is C14H18Cl2N2O3S. The van der Waals surface area contributed by atoms with Crippen LogP contribution in [0.25, 0.3) is 0 Å². The van der Waals surface area contributed by atoms with Crippen LogP contribution < -0.4 is 0 Å². The lowest BCUT2D eigenvalue weighted by molar-refractivity contribution is -0.0804. The highest BCUT2D eigenvalue weighted by molar-refractivity contribution is 7.89. The van der Waals surface area contributed by atoms with E-state index in [-0.39, 0.29) is 20.5 Å². The molecule has 0 bridgehead atoms. The molecule has 0 aromatic carbocycles. The Bertz CT molecular complexity index is 665. The van der Waals surface area contributed by atoms with Crippen molar-refractivity contribution in [1.29, 1.82) is 0 Å². The molecular weight excluding hydrogens is 347 g/mol. The van der Waals surface area contributed by atoms with E-state index in [1.54, 1.807) is 7.11 Å². The van der Waals surface area contributed by atoms with Crippen molar-refractivity contribution >= 4 is 33.2 Å². The fourth-order valence-electron chi connectivity index (χ4n) is 3.41. The van der Waals surface area contributed by atoms with Crippen molar-refractivity contribution in [2.45, 2.75) is 36.7 Å². The number of halogens is 2. The minimum atomic E-state index is -3.61. The summed E-state index contributed by atoms with van der Waals surface area (Å²) in [6, 6.07) is 1.36. The maximum atomic E-state index is 12.7. The number of sulfonamides is 1. The van der Waals surface area contributed by atoms with Crippen LogP contribution in [0.3, 0.4) is 0 Å². The topological polar surface area (TPSA) is 59.5 Å². The Balaban J connectivity index is 1.72. The molecule has 0 N–H and O–H groups in total. The molecule has 2 aliphatic rings. The standard InChI is InChI=1S/C14H18Cl2N2O3S/c1-21-10-7-14(8-10)2-4-18(5-3-14)22(19,20)12-9-17-13(16)6-11(12)15/h6,9-10H,2-5,7-8H2,1H3. The molecule has 0 unspecified atom stereocenters. The summed E-state index contributed by atoms with van der Waals surface area (Å²) in [5.74, 6) is 0. The van der Waals surface area contributed by atoms with E-state index in [1.807, 2.05) is 0 Å². The largest absolute Gasteiger partial charge is 0.381 e. The number of rotatable bonds is 3. The van der Waals surface area contributed by atoms with Gasteiger partial charge in [-0.25, -0.2) is 13.4 Å². The number of piperidine rings is 1. The van der Waals surface area contributed by atoms with E-state index in [9.17, 15) is 8.42 Å². The minimum absolute atomic E-state index is 0.0258. The Morgan fingerprint density at radius 3 is 2.50 bits per heavy atom. The van der Waals surface area contributed by atoms with E-state index in [4.69, 9.17) is 27.9 Å². The molecule has 122 valence electrons. The second-order valence-corrected chi connectivity index (χ2v) is 8.81. The number of hydrogen-bond acceptors (Lipinski definition) is 4. The molecule has 2 fully saturated rings. The Hall–Kier alpha value is -0.400. The molecule has 8 heteroatoms. The van der Waals surface area contributed by atoms with E-state index in [1.165, 1.54) is 16.6 Å². The summed E-state index contributed by atoms with van der Waals surface area (Å²) in [7, 11) is -1.89. The van der Waals surface area contributed by atoms with Crippen LogP contribution in [0.2, 0.25) is 10.2 Å². The van der Waals surface area contributed by atoms with Gasteiger partial charge in [0.2, 0.25) is 10.0 Å². The average molecular weight is 365 g/mol. The highest BCUT2D eigenvalue weighted by atomic mass is 35.5. The molecule has 5 nitrogen and oxygen atoms in total. The first-order chi connectivity index (χ1) is 10.4. The van der Waals surface area contributed by atoms with E-state index >= 15 is 0 Å². The van der Waals surface area contributed by atoms with Crippen LogP contribution in [0.5, 0.6) is 0 Å². The fourth-order valence-corrected chi connectivity index (χ4v) is 5.50. The van der Waals surface area contributed by atoms with Gasteiger partial charge >= 0.3 is 0 Å². The second-order valence-electron chi connectivity index (χ2n) is 6.11. The molecule has 1 aliphatic carbocycles. The van der Waals surface area contributed by atoms with Crippen LogP contribution in [-0.2, 0) is 14.8 Å². The zero-order valence-electron chi connectivity index (χ0n) is 12.3. The number of methoxy groups -OCH3 is 1. The Morgan fingerprint density at radius 2 is 1.95 bits per heavy atom. The number of ether oxygens (including phenoxy) is 1. The molecule has 1 aromatic rings. The molecule has 0 atom stereocenters. The van der Waals surface area contributed by atoms with E-state index in [0.29, 0.717) is 19.2 Å². The first-order valence-electron chi connectivity index (χ1n) is 7.20. The van der Waals surface area contributed by atoms with Gasteiger partial charge in [0.25, 0.3) is 0 Å². The van der Waals surface area contributed by atoms with Crippen LogP contribution in [0, 0.1) is 5.41 Å². The Kier molecular flexibility index (Phi) is 4.42. The molecule has 1 saturated carbocycles. The predicted molar refractivity (Wildman–Crippen MR) is 84.7 cm³/mol. The summed E-state index contributed by atoms with van der Waals surface area (Å²) in [4.78, 5) is 3.86. The van der Waals surface area contributed by atoms with Gasteiger partial charge in [0, 0.05) is 20.2 Å². The maximum Gasteiger partial charge on any atom is 0.246 e. The fraction of sp³-hybridized carbons (Fsp3) is 0.643. The number of hydrogen-bond donors (Lipinski definition) is 0. The number of nitrogens with zero attached hydrogens (tertiary/aromatic N) is 2. The van der Waals surface area contributed by atoms with Gasteiger partial charge in [-0.15, -0.1) is 0 Å². The summed E-state index contributed by atoms with van der Waals surface area (Å²) in [6.45, 7) is 1.02. The quantitative estimate of drug-likeness (QED) is 0.773. The zero-order valence-corrected chi connectivity index (χ0v) is 14.6. The second kappa shape index (κ2) is 5.91. The first-order valence-corrected chi connectivity index (χ1v) is 9.40. The molecule has 1 aromatic heterocycles. The highest BCUT2D eigenvalue weighted by Crippen LogP contribution is 2.50. The molecule has 0 amide bonds. The molecule has 1 saturated heterocycles. The summed E-state index contributed by atoms with van der Waals surface area (Å²) in [5.41, 5.74) is 0.259. The third-order valence-electron chi connectivity index (χ3n) is 4.84. The van der Waals surface area contributed by atoms with Gasteiger partial charge in [-0.05, 0) is 37.2 Å². The zero-order chi connectivity index (χ0) is 16.0. The van der Waals surface area contributed by atoms with Crippen molar-refractivity contribution in [3.05, 3.63) is 22.4 Å². The molecule has 3 rings (SSSR count). The van der Waals surface area contributed by atoms with Gasteiger partial charge in [-0.1, -0.05) is 23.2 Å². The molecule has 0 radical (unpaired) electrons. The summed E-state index contributed by atoms with van der Waals surface area (Å²) in [6.07, 6.45) is 5.35.